The standard InChI is InChI=1S/C23H22N2O5/c1-24-6-7-25-22-14(5-4-13-8-20-21(9-15(13)22)30-12-29-20)16-10-18(27-2)19(28-3)11-17(16)23(25)26/h4-5,8-11,24H,6-7,12H2,1-3H3. The van der Waals surface area contributed by atoms with Crippen molar-refractivity contribution in [1.82, 2.24) is 9.88 Å². The number of ether oxygens (including phenoxy) is 4. The Hall–Kier alpha value is -3.45. The molecule has 7 heteroatoms. The number of nitrogens with one attached hydrogen (secondary N) is 1. The topological polar surface area (TPSA) is 71.0 Å². The van der Waals surface area contributed by atoms with Gasteiger partial charge < -0.3 is 28.8 Å². The lowest BCUT2D eigenvalue weighted by molar-refractivity contribution is 0.174. The van der Waals surface area contributed by atoms with Gasteiger partial charge in [-0.2, -0.15) is 0 Å². The van der Waals surface area contributed by atoms with Gasteiger partial charge in [0.25, 0.3) is 5.56 Å². The van der Waals surface area contributed by atoms with Crippen LogP contribution in [0.2, 0.25) is 0 Å². The van der Waals surface area contributed by atoms with Crippen LogP contribution in [0.15, 0.2) is 41.2 Å². The molecule has 5 rings (SSSR count). The van der Waals surface area contributed by atoms with Crippen molar-refractivity contribution >= 4 is 32.4 Å². The largest absolute Gasteiger partial charge is 0.493 e. The summed E-state index contributed by atoms with van der Waals surface area (Å²) >= 11 is 0. The van der Waals surface area contributed by atoms with Crippen molar-refractivity contribution in [3.63, 3.8) is 0 Å². The van der Waals surface area contributed by atoms with Crippen LogP contribution in [-0.4, -0.2) is 39.2 Å². The maximum atomic E-state index is 13.6. The number of hydrogen-bond donors (Lipinski definition) is 1. The summed E-state index contributed by atoms with van der Waals surface area (Å²) in [5, 5.41) is 7.46. The molecule has 30 heavy (non-hydrogen) atoms. The number of pyridine rings is 1. The van der Waals surface area contributed by atoms with E-state index in [4.69, 9.17) is 18.9 Å². The third-order valence-electron chi connectivity index (χ3n) is 5.63. The summed E-state index contributed by atoms with van der Waals surface area (Å²) in [6.07, 6.45) is 0. The molecule has 0 saturated carbocycles. The molecule has 0 spiro atoms. The summed E-state index contributed by atoms with van der Waals surface area (Å²) in [6, 6.07) is 11.6. The fraction of sp³-hybridized carbons (Fsp3) is 0.261. The van der Waals surface area contributed by atoms with Crippen LogP contribution >= 0.6 is 0 Å². The molecule has 0 unspecified atom stereocenters. The highest BCUT2D eigenvalue weighted by atomic mass is 16.7. The van der Waals surface area contributed by atoms with E-state index in [9.17, 15) is 4.79 Å². The maximum absolute atomic E-state index is 13.6. The zero-order valence-electron chi connectivity index (χ0n) is 17.1. The number of aromatic nitrogens is 1. The molecule has 0 saturated heterocycles. The summed E-state index contributed by atoms with van der Waals surface area (Å²) in [7, 11) is 5.04. The van der Waals surface area contributed by atoms with E-state index in [0.29, 0.717) is 35.7 Å². The van der Waals surface area contributed by atoms with Crippen molar-refractivity contribution < 1.29 is 18.9 Å². The molecular formula is C23H22N2O5. The lowest BCUT2D eigenvalue weighted by Gasteiger charge is -2.17. The zero-order valence-corrected chi connectivity index (χ0v) is 17.1. The quantitative estimate of drug-likeness (QED) is 0.513. The van der Waals surface area contributed by atoms with Crippen molar-refractivity contribution in [1.29, 1.82) is 0 Å². The predicted octanol–water partition coefficient (Wildman–Crippen LogP) is 3.27. The van der Waals surface area contributed by atoms with Gasteiger partial charge in [0.1, 0.15) is 0 Å². The van der Waals surface area contributed by atoms with Crippen LogP contribution in [0.5, 0.6) is 23.0 Å². The maximum Gasteiger partial charge on any atom is 0.259 e. The molecule has 2 heterocycles. The van der Waals surface area contributed by atoms with E-state index in [2.05, 4.69) is 5.32 Å². The molecule has 0 atom stereocenters. The van der Waals surface area contributed by atoms with E-state index in [0.717, 1.165) is 32.8 Å². The van der Waals surface area contributed by atoms with Crippen molar-refractivity contribution in [3.05, 3.63) is 46.8 Å². The summed E-state index contributed by atoms with van der Waals surface area (Å²) < 4.78 is 23.9. The second-order valence-corrected chi connectivity index (χ2v) is 7.20. The average molecular weight is 406 g/mol. The van der Waals surface area contributed by atoms with Crippen molar-refractivity contribution in [2.45, 2.75) is 6.54 Å². The number of rotatable bonds is 5. The normalized spacial score (nSPS) is 12.8. The molecule has 0 bridgehead atoms. The Balaban J connectivity index is 1.96. The first kappa shape index (κ1) is 18.6. The molecule has 4 aromatic rings. The molecule has 7 nitrogen and oxygen atoms in total. The Kier molecular flexibility index (Phi) is 4.40. The van der Waals surface area contributed by atoms with Gasteiger partial charge in [-0.25, -0.2) is 0 Å². The van der Waals surface area contributed by atoms with Gasteiger partial charge in [-0.15, -0.1) is 0 Å². The summed E-state index contributed by atoms with van der Waals surface area (Å²) in [4.78, 5) is 13.6. The first-order valence-corrected chi connectivity index (χ1v) is 9.75. The molecule has 1 aliphatic heterocycles. The van der Waals surface area contributed by atoms with Gasteiger partial charge in [-0.05, 0) is 36.7 Å². The van der Waals surface area contributed by atoms with Gasteiger partial charge >= 0.3 is 0 Å². The van der Waals surface area contributed by atoms with Gasteiger partial charge in [-0.1, -0.05) is 12.1 Å². The number of fused-ring (bicyclic) bond motifs is 6. The SMILES string of the molecule is CNCCn1c(=O)c2cc(OC)c(OC)cc2c2ccc3cc4c(cc3c21)OCO4. The highest BCUT2D eigenvalue weighted by molar-refractivity contribution is 6.16. The average Bonchev–Trinajstić information content (AvgIpc) is 3.23. The fourth-order valence-electron chi connectivity index (χ4n) is 4.17. The van der Waals surface area contributed by atoms with Crippen molar-refractivity contribution in [3.8, 4) is 23.0 Å². The van der Waals surface area contributed by atoms with E-state index in [1.165, 1.54) is 0 Å². The minimum Gasteiger partial charge on any atom is -0.493 e. The Morgan fingerprint density at radius 3 is 2.33 bits per heavy atom. The van der Waals surface area contributed by atoms with E-state index >= 15 is 0 Å². The van der Waals surface area contributed by atoms with Crippen LogP contribution in [0, 0.1) is 0 Å². The first-order valence-electron chi connectivity index (χ1n) is 9.75. The third kappa shape index (κ3) is 2.66. The molecule has 154 valence electrons. The summed E-state index contributed by atoms with van der Waals surface area (Å²) in [6.45, 7) is 1.40. The molecular weight excluding hydrogens is 384 g/mol. The van der Waals surface area contributed by atoms with Crippen LogP contribution in [0.3, 0.4) is 0 Å². The molecule has 0 fully saturated rings. The van der Waals surface area contributed by atoms with Crippen LogP contribution in [0.1, 0.15) is 0 Å². The zero-order chi connectivity index (χ0) is 20.8. The smallest absolute Gasteiger partial charge is 0.259 e. The number of benzene rings is 3. The summed E-state index contributed by atoms with van der Waals surface area (Å²) in [5.74, 6) is 2.53. The predicted molar refractivity (Wildman–Crippen MR) is 116 cm³/mol. The van der Waals surface area contributed by atoms with Gasteiger partial charge in [0.15, 0.2) is 23.0 Å². The molecule has 0 radical (unpaired) electrons. The van der Waals surface area contributed by atoms with Gasteiger partial charge in [0.05, 0.1) is 25.1 Å². The fourth-order valence-corrected chi connectivity index (χ4v) is 4.17. The minimum atomic E-state index is -0.0705. The third-order valence-corrected chi connectivity index (χ3v) is 5.63. The molecule has 0 aliphatic carbocycles. The number of hydrogen-bond acceptors (Lipinski definition) is 6. The van der Waals surface area contributed by atoms with Crippen molar-refractivity contribution in [2.24, 2.45) is 0 Å². The van der Waals surface area contributed by atoms with Gasteiger partial charge in [0, 0.05) is 29.2 Å². The Bertz CT molecular complexity index is 1360. The van der Waals surface area contributed by atoms with E-state index in [1.54, 1.807) is 20.3 Å². The highest BCUT2D eigenvalue weighted by Crippen LogP contribution is 2.40. The Morgan fingerprint density at radius 2 is 1.63 bits per heavy atom. The van der Waals surface area contributed by atoms with Crippen molar-refractivity contribution in [2.75, 3.05) is 34.6 Å². The molecule has 1 N–H and O–H groups in total. The molecule has 1 aliphatic rings. The van der Waals surface area contributed by atoms with Crippen LogP contribution in [-0.2, 0) is 6.54 Å². The highest BCUT2D eigenvalue weighted by Gasteiger charge is 2.20. The minimum absolute atomic E-state index is 0.0705. The van der Waals surface area contributed by atoms with Crippen LogP contribution in [0.25, 0.3) is 32.4 Å². The number of likely N-dealkylation sites (N-methyl/N-ethyl adjacent to an activating group) is 1. The second-order valence-electron chi connectivity index (χ2n) is 7.20. The number of methoxy groups -OCH3 is 2. The molecule has 1 aromatic heterocycles. The lowest BCUT2D eigenvalue weighted by atomic mass is 10.00. The summed E-state index contributed by atoms with van der Waals surface area (Å²) in [5.41, 5.74) is 0.796. The van der Waals surface area contributed by atoms with Crippen LogP contribution < -0.4 is 29.8 Å². The monoisotopic (exact) mass is 406 g/mol. The van der Waals surface area contributed by atoms with Gasteiger partial charge in [0.2, 0.25) is 6.79 Å². The van der Waals surface area contributed by atoms with Crippen LogP contribution in [0.4, 0.5) is 0 Å². The molecule has 3 aromatic carbocycles. The van der Waals surface area contributed by atoms with E-state index in [1.807, 2.05) is 41.9 Å². The van der Waals surface area contributed by atoms with E-state index < -0.39 is 0 Å². The Labute approximate surface area is 172 Å². The van der Waals surface area contributed by atoms with E-state index in [-0.39, 0.29) is 12.4 Å². The number of nitrogens with zero attached hydrogens (tertiary/aromatic N) is 1. The lowest BCUT2D eigenvalue weighted by Crippen LogP contribution is -2.26. The Morgan fingerprint density at radius 1 is 0.933 bits per heavy atom. The molecule has 0 amide bonds. The second kappa shape index (κ2) is 7.11. The van der Waals surface area contributed by atoms with Gasteiger partial charge in [-0.3, -0.25) is 4.79 Å². The first-order chi connectivity index (χ1) is 14.7.